The largest absolute Gasteiger partial charge is 0.343 e. The normalized spacial score (nSPS) is 12.0. The summed E-state index contributed by atoms with van der Waals surface area (Å²) in [7, 11) is 0.589. The van der Waals surface area contributed by atoms with Crippen LogP contribution in [0.3, 0.4) is 0 Å². The summed E-state index contributed by atoms with van der Waals surface area (Å²) >= 11 is 0. The first-order valence-electron chi connectivity index (χ1n) is 13.7. The van der Waals surface area contributed by atoms with E-state index in [1.54, 1.807) is 0 Å². The van der Waals surface area contributed by atoms with Crippen LogP contribution in [0.4, 0.5) is 0 Å². The van der Waals surface area contributed by atoms with Crippen molar-refractivity contribution in [3.05, 3.63) is 143 Å². The van der Waals surface area contributed by atoms with Gasteiger partial charge in [0.25, 0.3) is 0 Å². The lowest BCUT2D eigenvalue weighted by atomic mass is 9.92. The van der Waals surface area contributed by atoms with Crippen LogP contribution in [-0.2, 0) is 28.7 Å². The maximum absolute atomic E-state index is 13.3. The number of rotatable bonds is 12. The van der Waals surface area contributed by atoms with Gasteiger partial charge in [-0.05, 0) is 60.5 Å². The summed E-state index contributed by atoms with van der Waals surface area (Å²) < 4.78 is 31.8. The predicted octanol–water partition coefficient (Wildman–Crippen LogP) is 6.05. The Morgan fingerprint density at radius 1 is 0.775 bits per heavy atom. The summed E-state index contributed by atoms with van der Waals surface area (Å²) in [5.74, 6) is -0.125. The van der Waals surface area contributed by atoms with Gasteiger partial charge in [-0.2, -0.15) is 0 Å². The van der Waals surface area contributed by atoms with E-state index in [1.807, 2.05) is 48.5 Å². The van der Waals surface area contributed by atoms with Gasteiger partial charge in [0.1, 0.15) is 0 Å². The summed E-state index contributed by atoms with van der Waals surface area (Å²) in [6.07, 6.45) is 3.12. The highest BCUT2D eigenvalue weighted by Gasteiger charge is 2.19. The molecule has 1 N–H and O–H groups in total. The van der Waals surface area contributed by atoms with Gasteiger partial charge in [-0.15, -0.1) is 0 Å². The zero-order valence-corrected chi connectivity index (χ0v) is 24.0. The van der Waals surface area contributed by atoms with E-state index in [1.165, 1.54) is 11.1 Å². The molecule has 6 heteroatoms. The number of benzene rings is 4. The van der Waals surface area contributed by atoms with Crippen LogP contribution in [0.1, 0.15) is 33.7 Å². The monoisotopic (exact) mass is 551 g/mol. The minimum Gasteiger partial charge on any atom is -0.343 e. The van der Waals surface area contributed by atoms with Crippen molar-refractivity contribution in [2.24, 2.45) is 0 Å². The lowest BCUT2D eigenvalue weighted by molar-refractivity contribution is 0.414. The van der Waals surface area contributed by atoms with Gasteiger partial charge in [-0.1, -0.05) is 97.1 Å². The highest BCUT2D eigenvalue weighted by Crippen LogP contribution is 2.27. The third kappa shape index (κ3) is 7.07. The molecule has 40 heavy (non-hydrogen) atoms. The van der Waals surface area contributed by atoms with Gasteiger partial charge in [-0.25, -0.2) is 13.1 Å². The van der Waals surface area contributed by atoms with Crippen molar-refractivity contribution in [1.29, 1.82) is 0 Å². The molecule has 0 aliphatic carbocycles. The number of fused-ring (bicyclic) bond motifs is 1. The number of nitrogens with one attached hydrogen (secondary N) is 1. The molecular weight excluding hydrogens is 514 g/mol. The Bertz CT molecular complexity index is 1590. The Morgan fingerprint density at radius 2 is 1.38 bits per heavy atom. The SMILES string of the molecule is CN(C)CCc1cn(Cc2ccccc2)c2ccc(CS(=O)(=O)NCC(c3ccccc3)c3ccccc3)cc12. The summed E-state index contributed by atoms with van der Waals surface area (Å²) in [4.78, 5) is 2.18. The van der Waals surface area contributed by atoms with E-state index in [9.17, 15) is 8.42 Å². The molecule has 1 heterocycles. The van der Waals surface area contributed by atoms with Crippen molar-refractivity contribution in [3.63, 3.8) is 0 Å². The van der Waals surface area contributed by atoms with Gasteiger partial charge < -0.3 is 9.47 Å². The topological polar surface area (TPSA) is 54.3 Å². The number of nitrogens with zero attached hydrogens (tertiary/aromatic N) is 2. The first kappa shape index (κ1) is 27.8. The van der Waals surface area contributed by atoms with Crippen LogP contribution in [0.25, 0.3) is 10.9 Å². The molecule has 0 aliphatic rings. The van der Waals surface area contributed by atoms with Crippen molar-refractivity contribution < 1.29 is 8.42 Å². The molecule has 0 saturated carbocycles. The van der Waals surface area contributed by atoms with Crippen molar-refractivity contribution >= 4 is 20.9 Å². The van der Waals surface area contributed by atoms with E-state index >= 15 is 0 Å². The van der Waals surface area contributed by atoms with E-state index in [0.29, 0.717) is 6.54 Å². The lowest BCUT2D eigenvalue weighted by Gasteiger charge is -2.19. The molecular formula is C34H37N3O2S. The molecule has 5 rings (SSSR count). The molecule has 0 amide bonds. The van der Waals surface area contributed by atoms with Gasteiger partial charge >= 0.3 is 0 Å². The fourth-order valence-corrected chi connectivity index (χ4v) is 6.38. The van der Waals surface area contributed by atoms with E-state index in [4.69, 9.17) is 0 Å². The molecule has 5 aromatic rings. The van der Waals surface area contributed by atoms with E-state index in [-0.39, 0.29) is 11.7 Å². The second-order valence-electron chi connectivity index (χ2n) is 10.7. The molecule has 0 fully saturated rings. The summed E-state index contributed by atoms with van der Waals surface area (Å²) in [5, 5.41) is 1.12. The van der Waals surface area contributed by atoms with Crippen molar-refractivity contribution in [1.82, 2.24) is 14.2 Å². The van der Waals surface area contributed by atoms with Crippen LogP contribution >= 0.6 is 0 Å². The zero-order valence-electron chi connectivity index (χ0n) is 23.2. The summed E-state index contributed by atoms with van der Waals surface area (Å²) in [5.41, 5.74) is 6.56. The average Bonchev–Trinajstić information content (AvgIpc) is 3.29. The number of hydrogen-bond donors (Lipinski definition) is 1. The van der Waals surface area contributed by atoms with Gasteiger partial charge in [0.2, 0.25) is 10.0 Å². The Balaban J connectivity index is 1.37. The fourth-order valence-electron chi connectivity index (χ4n) is 5.24. The molecule has 0 spiro atoms. The van der Waals surface area contributed by atoms with Gasteiger partial charge in [0, 0.05) is 42.7 Å². The smallest absolute Gasteiger partial charge is 0.215 e. The Kier molecular flexibility index (Phi) is 8.80. The third-order valence-corrected chi connectivity index (χ3v) is 8.64. The Hall–Kier alpha value is -3.71. The van der Waals surface area contributed by atoms with E-state index in [2.05, 4.69) is 95.1 Å². The first-order valence-corrected chi connectivity index (χ1v) is 15.4. The Morgan fingerprint density at radius 3 is 1.98 bits per heavy atom. The fraction of sp³-hybridized carbons (Fsp3) is 0.235. The van der Waals surface area contributed by atoms with Crippen molar-refractivity contribution in [2.45, 2.75) is 24.6 Å². The van der Waals surface area contributed by atoms with Crippen LogP contribution in [0.15, 0.2) is 115 Å². The average molecular weight is 552 g/mol. The highest BCUT2D eigenvalue weighted by molar-refractivity contribution is 7.88. The van der Waals surface area contributed by atoms with E-state index < -0.39 is 10.0 Å². The van der Waals surface area contributed by atoms with E-state index in [0.717, 1.165) is 47.1 Å². The van der Waals surface area contributed by atoms with Gasteiger partial charge in [-0.3, -0.25) is 0 Å². The minimum atomic E-state index is -3.56. The highest BCUT2D eigenvalue weighted by atomic mass is 32.2. The second kappa shape index (κ2) is 12.6. The quantitative estimate of drug-likeness (QED) is 0.206. The Labute approximate surface area is 238 Å². The van der Waals surface area contributed by atoms with Crippen LogP contribution in [0.5, 0.6) is 0 Å². The molecule has 0 aliphatic heterocycles. The molecule has 4 aromatic carbocycles. The molecule has 0 unspecified atom stereocenters. The molecule has 0 bridgehead atoms. The molecule has 0 atom stereocenters. The van der Waals surface area contributed by atoms with Crippen molar-refractivity contribution in [3.8, 4) is 0 Å². The molecule has 1 aromatic heterocycles. The number of hydrogen-bond acceptors (Lipinski definition) is 3. The molecule has 0 saturated heterocycles. The minimum absolute atomic E-state index is 0.0593. The zero-order chi connectivity index (χ0) is 28.0. The standard InChI is InChI=1S/C34H37N3O2S/c1-36(2)21-20-31-25-37(24-27-12-6-3-7-13-27)34-19-18-28(22-32(31)34)26-40(38,39)35-23-33(29-14-8-4-9-15-29)30-16-10-5-11-17-30/h3-19,22,25,33,35H,20-21,23-24,26H2,1-2H3. The molecule has 5 nitrogen and oxygen atoms in total. The second-order valence-corrected chi connectivity index (χ2v) is 12.5. The number of likely N-dealkylation sites (N-methyl/N-ethyl adjacent to an activating group) is 1. The summed E-state index contributed by atoms with van der Waals surface area (Å²) in [6.45, 7) is 2.01. The van der Waals surface area contributed by atoms with Crippen LogP contribution in [0, 0.1) is 0 Å². The first-order chi connectivity index (χ1) is 19.4. The maximum atomic E-state index is 13.3. The number of aromatic nitrogens is 1. The van der Waals surface area contributed by atoms with Crippen LogP contribution < -0.4 is 4.72 Å². The third-order valence-electron chi connectivity index (χ3n) is 7.32. The van der Waals surface area contributed by atoms with Gasteiger partial charge in [0.05, 0.1) is 5.75 Å². The van der Waals surface area contributed by atoms with Crippen LogP contribution in [0.2, 0.25) is 0 Å². The maximum Gasteiger partial charge on any atom is 0.215 e. The van der Waals surface area contributed by atoms with Crippen LogP contribution in [-0.4, -0.2) is 45.1 Å². The predicted molar refractivity (Wildman–Crippen MR) is 165 cm³/mol. The molecule has 0 radical (unpaired) electrons. The number of sulfonamides is 1. The van der Waals surface area contributed by atoms with Crippen molar-refractivity contribution in [2.75, 3.05) is 27.2 Å². The molecule has 206 valence electrons. The lowest BCUT2D eigenvalue weighted by Crippen LogP contribution is -2.30. The van der Waals surface area contributed by atoms with Gasteiger partial charge in [0.15, 0.2) is 0 Å². The summed E-state index contributed by atoms with van der Waals surface area (Å²) in [6, 6.07) is 36.6.